The summed E-state index contributed by atoms with van der Waals surface area (Å²) in [5, 5.41) is 30.2. The van der Waals surface area contributed by atoms with E-state index in [1.54, 1.807) is 36.5 Å². The van der Waals surface area contributed by atoms with Crippen molar-refractivity contribution in [1.82, 2.24) is 4.98 Å². The molecular formula is C25H23NO5S. The number of aliphatic hydroxyl groups excluding tert-OH is 1. The van der Waals surface area contributed by atoms with Gasteiger partial charge < -0.3 is 20.3 Å². The van der Waals surface area contributed by atoms with Gasteiger partial charge in [0, 0.05) is 34.8 Å². The molecule has 4 rings (SSSR count). The molecule has 0 saturated carbocycles. The second kappa shape index (κ2) is 9.38. The highest BCUT2D eigenvalue weighted by atomic mass is 32.1. The van der Waals surface area contributed by atoms with E-state index in [4.69, 9.17) is 5.11 Å². The van der Waals surface area contributed by atoms with E-state index in [-0.39, 0.29) is 27.7 Å². The number of aromatic carboxylic acids is 1. The number of aromatic nitrogens is 1. The third-order valence-electron chi connectivity index (χ3n) is 5.50. The Bertz CT molecular complexity index is 1270. The minimum atomic E-state index is -1.19. The Morgan fingerprint density at radius 2 is 1.72 bits per heavy atom. The number of aryl methyl sites for hydroxylation is 1. The summed E-state index contributed by atoms with van der Waals surface area (Å²) in [5.74, 6) is -1.91. The van der Waals surface area contributed by atoms with E-state index in [1.165, 1.54) is 0 Å². The quantitative estimate of drug-likeness (QED) is 0.206. The minimum Gasteiger partial charge on any atom is -0.506 e. The number of aromatic hydroxyl groups is 1. The molecule has 0 unspecified atom stereocenters. The lowest BCUT2D eigenvalue weighted by Gasteiger charge is -2.04. The number of ketones is 1. The summed E-state index contributed by atoms with van der Waals surface area (Å²) in [4.78, 5) is 28.3. The summed E-state index contributed by atoms with van der Waals surface area (Å²) < 4.78 is 0. The van der Waals surface area contributed by atoms with Crippen molar-refractivity contribution in [3.63, 3.8) is 0 Å². The van der Waals surface area contributed by atoms with Gasteiger partial charge in [-0.05, 0) is 30.4 Å². The van der Waals surface area contributed by atoms with Gasteiger partial charge in [-0.3, -0.25) is 4.79 Å². The topological polar surface area (TPSA) is 111 Å². The number of carboxylic acid groups (broad SMARTS) is 1. The zero-order chi connectivity index (χ0) is 22.7. The van der Waals surface area contributed by atoms with Crippen LogP contribution in [0, 0.1) is 0 Å². The fourth-order valence-corrected chi connectivity index (χ4v) is 4.95. The van der Waals surface area contributed by atoms with Gasteiger partial charge in [-0.1, -0.05) is 55.0 Å². The molecule has 2 aromatic heterocycles. The minimum absolute atomic E-state index is 0.00972. The summed E-state index contributed by atoms with van der Waals surface area (Å²) in [5.41, 5.74) is 3.03. The standard InChI is InChI=1S/C25H23NO5S/c27-13-6-2-5-10-16-11-7-12-17-18(14-26-20(16)17)21(28)24-22(29)19(23(32-24)25(30)31)15-8-3-1-4-9-15/h1,3-4,7-9,11-12,14,26-27,29H,2,5-6,10,13H2,(H,30,31). The number of carbonyl (C=O) groups excluding carboxylic acids is 1. The van der Waals surface area contributed by atoms with Gasteiger partial charge in [-0.25, -0.2) is 4.79 Å². The molecule has 0 radical (unpaired) electrons. The molecule has 7 heteroatoms. The number of unbranched alkanes of at least 4 members (excludes halogenated alkanes) is 2. The second-order valence-corrected chi connectivity index (χ2v) is 8.58. The smallest absolute Gasteiger partial charge is 0.346 e. The molecule has 2 aromatic carbocycles. The maximum atomic E-state index is 13.4. The Balaban J connectivity index is 1.73. The van der Waals surface area contributed by atoms with Gasteiger partial charge in [0.15, 0.2) is 0 Å². The van der Waals surface area contributed by atoms with Crippen LogP contribution in [0.15, 0.2) is 54.7 Å². The molecule has 164 valence electrons. The molecule has 0 fully saturated rings. The monoisotopic (exact) mass is 449 g/mol. The van der Waals surface area contributed by atoms with Gasteiger partial charge in [0.05, 0.1) is 0 Å². The van der Waals surface area contributed by atoms with Crippen molar-refractivity contribution in [2.45, 2.75) is 25.7 Å². The first kappa shape index (κ1) is 21.8. The molecule has 0 spiro atoms. The van der Waals surface area contributed by atoms with Gasteiger partial charge in [-0.2, -0.15) is 0 Å². The maximum absolute atomic E-state index is 13.4. The highest BCUT2D eigenvalue weighted by Gasteiger charge is 2.28. The third kappa shape index (κ3) is 4.04. The fourth-order valence-electron chi connectivity index (χ4n) is 3.94. The molecule has 0 atom stereocenters. The van der Waals surface area contributed by atoms with Gasteiger partial charge in [0.2, 0.25) is 5.78 Å². The number of carboxylic acids is 1. The van der Waals surface area contributed by atoms with Crippen LogP contribution in [0.4, 0.5) is 0 Å². The van der Waals surface area contributed by atoms with E-state index in [0.29, 0.717) is 11.1 Å². The van der Waals surface area contributed by atoms with Crippen molar-refractivity contribution in [2.75, 3.05) is 6.61 Å². The molecule has 6 nitrogen and oxygen atoms in total. The highest BCUT2D eigenvalue weighted by molar-refractivity contribution is 7.17. The largest absolute Gasteiger partial charge is 0.506 e. The first-order valence-corrected chi connectivity index (χ1v) is 11.2. The van der Waals surface area contributed by atoms with Crippen LogP contribution in [0.5, 0.6) is 5.75 Å². The average molecular weight is 450 g/mol. The molecule has 4 aromatic rings. The molecule has 4 N–H and O–H groups in total. The zero-order valence-electron chi connectivity index (χ0n) is 17.3. The van der Waals surface area contributed by atoms with E-state index in [0.717, 1.165) is 53.5 Å². The Hall–Kier alpha value is -3.42. The Kier molecular flexibility index (Phi) is 6.39. The molecule has 0 aliphatic heterocycles. The number of aromatic amines is 1. The molecule has 32 heavy (non-hydrogen) atoms. The number of H-pyrrole nitrogens is 1. The van der Waals surface area contributed by atoms with Gasteiger partial charge >= 0.3 is 5.97 Å². The van der Waals surface area contributed by atoms with Crippen LogP contribution in [-0.4, -0.2) is 38.7 Å². The first-order valence-electron chi connectivity index (χ1n) is 10.4. The Morgan fingerprint density at radius 1 is 0.938 bits per heavy atom. The number of hydrogen-bond donors (Lipinski definition) is 4. The van der Waals surface area contributed by atoms with E-state index < -0.39 is 11.8 Å². The number of aliphatic hydroxyl groups is 1. The van der Waals surface area contributed by atoms with Crippen molar-refractivity contribution >= 4 is 34.0 Å². The van der Waals surface area contributed by atoms with Crippen molar-refractivity contribution in [3.8, 4) is 16.9 Å². The summed E-state index contributed by atoms with van der Waals surface area (Å²) in [6, 6.07) is 14.5. The molecule has 0 aliphatic rings. The van der Waals surface area contributed by atoms with Crippen LogP contribution in [0.1, 0.15) is 49.7 Å². The lowest BCUT2D eigenvalue weighted by molar-refractivity contribution is 0.0702. The summed E-state index contributed by atoms with van der Waals surface area (Å²) >= 11 is 0.791. The normalized spacial score (nSPS) is 11.2. The molecule has 0 saturated heterocycles. The predicted molar refractivity (Wildman–Crippen MR) is 125 cm³/mol. The molecule has 0 amide bonds. The summed E-state index contributed by atoms with van der Waals surface area (Å²) in [6.07, 6.45) is 5.04. The lowest BCUT2D eigenvalue weighted by Crippen LogP contribution is -1.98. The Labute approximate surface area is 188 Å². The third-order valence-corrected chi connectivity index (χ3v) is 6.66. The number of para-hydroxylation sites is 1. The fraction of sp³-hybridized carbons (Fsp3) is 0.200. The van der Waals surface area contributed by atoms with E-state index >= 15 is 0 Å². The average Bonchev–Trinajstić information content (AvgIpc) is 3.39. The number of carbonyl (C=O) groups is 2. The Morgan fingerprint density at radius 3 is 2.44 bits per heavy atom. The zero-order valence-corrected chi connectivity index (χ0v) is 18.1. The lowest BCUT2D eigenvalue weighted by atomic mass is 10.0. The van der Waals surface area contributed by atoms with Crippen molar-refractivity contribution in [1.29, 1.82) is 0 Å². The van der Waals surface area contributed by atoms with Crippen LogP contribution < -0.4 is 0 Å². The number of fused-ring (bicyclic) bond motifs is 1. The van der Waals surface area contributed by atoms with Gasteiger partial charge in [0.25, 0.3) is 0 Å². The molecule has 2 heterocycles. The van der Waals surface area contributed by atoms with Crippen LogP contribution >= 0.6 is 11.3 Å². The predicted octanol–water partition coefficient (Wildman–Crippen LogP) is 5.24. The first-order chi connectivity index (χ1) is 15.5. The molecule has 0 aliphatic carbocycles. The van der Waals surface area contributed by atoms with Crippen molar-refractivity contribution in [3.05, 3.63) is 75.6 Å². The number of thiophene rings is 1. The van der Waals surface area contributed by atoms with Crippen LogP contribution in [0.2, 0.25) is 0 Å². The molecular weight excluding hydrogens is 426 g/mol. The van der Waals surface area contributed by atoms with Crippen LogP contribution in [0.3, 0.4) is 0 Å². The van der Waals surface area contributed by atoms with E-state index in [9.17, 15) is 19.8 Å². The van der Waals surface area contributed by atoms with Gasteiger partial charge in [0.1, 0.15) is 15.5 Å². The number of nitrogens with one attached hydrogen (secondary N) is 1. The van der Waals surface area contributed by atoms with Gasteiger partial charge in [-0.15, -0.1) is 11.3 Å². The van der Waals surface area contributed by atoms with E-state index in [1.807, 2.05) is 18.2 Å². The number of rotatable bonds is 9. The molecule has 0 bridgehead atoms. The summed E-state index contributed by atoms with van der Waals surface area (Å²) in [6.45, 7) is 0.180. The maximum Gasteiger partial charge on any atom is 0.346 e. The second-order valence-electron chi connectivity index (χ2n) is 7.56. The van der Waals surface area contributed by atoms with Crippen LogP contribution in [0.25, 0.3) is 22.0 Å². The van der Waals surface area contributed by atoms with Crippen molar-refractivity contribution < 1.29 is 24.9 Å². The van der Waals surface area contributed by atoms with Crippen molar-refractivity contribution in [2.24, 2.45) is 0 Å². The summed E-state index contributed by atoms with van der Waals surface area (Å²) in [7, 11) is 0. The highest BCUT2D eigenvalue weighted by Crippen LogP contribution is 2.43. The number of hydrogen-bond acceptors (Lipinski definition) is 5. The SMILES string of the molecule is O=C(O)c1sc(C(=O)c2c[nH]c3c(CCCCCO)cccc23)c(O)c1-c1ccccc1. The van der Waals surface area contributed by atoms with E-state index in [2.05, 4.69) is 4.98 Å². The number of benzene rings is 2. The van der Waals surface area contributed by atoms with Crippen LogP contribution in [-0.2, 0) is 6.42 Å².